The maximum Gasteiger partial charge on any atom is 0.0713 e. The molecule has 0 amide bonds. The molecular formula is C41H44. The minimum Gasteiger partial charge on any atom is -0.103 e. The topological polar surface area (TPSA) is 0 Å². The predicted octanol–water partition coefficient (Wildman–Crippen LogP) is 11.1. The third kappa shape index (κ3) is 4.18. The van der Waals surface area contributed by atoms with Crippen molar-refractivity contribution in [2.24, 2.45) is 0 Å². The Morgan fingerprint density at radius 2 is 1.49 bits per heavy atom. The molecule has 41 heavy (non-hydrogen) atoms. The van der Waals surface area contributed by atoms with E-state index in [9.17, 15) is 0 Å². The van der Waals surface area contributed by atoms with E-state index >= 15 is 0 Å². The predicted molar refractivity (Wildman–Crippen MR) is 177 cm³/mol. The lowest BCUT2D eigenvalue weighted by molar-refractivity contribution is 0.462. The molecule has 2 unspecified atom stereocenters. The van der Waals surface area contributed by atoms with Gasteiger partial charge in [-0.2, -0.15) is 0 Å². The van der Waals surface area contributed by atoms with E-state index in [0.29, 0.717) is 5.92 Å². The van der Waals surface area contributed by atoms with Gasteiger partial charge in [0.15, 0.2) is 0 Å². The number of allylic oxidation sites excluding steroid dienone is 1. The average molecular weight is 537 g/mol. The fraction of sp³-hybridized carbons (Fsp3) is 0.317. The molecule has 4 aromatic rings. The summed E-state index contributed by atoms with van der Waals surface area (Å²) < 4.78 is 0. The fourth-order valence-electron chi connectivity index (χ4n) is 7.69. The summed E-state index contributed by atoms with van der Waals surface area (Å²) in [5.41, 5.74) is 13.7. The van der Waals surface area contributed by atoms with Gasteiger partial charge >= 0.3 is 0 Å². The smallest absolute Gasteiger partial charge is 0.0713 e. The van der Waals surface area contributed by atoms with E-state index in [1.165, 1.54) is 57.3 Å². The molecule has 0 nitrogen and oxygen atoms in total. The van der Waals surface area contributed by atoms with Crippen LogP contribution >= 0.6 is 0 Å². The Morgan fingerprint density at radius 1 is 0.805 bits per heavy atom. The fourth-order valence-corrected chi connectivity index (χ4v) is 7.69. The molecule has 0 fully saturated rings. The Bertz CT molecular complexity index is 1610. The third-order valence-corrected chi connectivity index (χ3v) is 10.4. The minimum absolute atomic E-state index is 0.0957. The standard InChI is InChI=1S/C41H44/c1-8-11-15-29-27-40(6,7)36-26-38-35(25-34(29)36)33-23-22-32(39(4,5)10-3)24-37(33)41(38,30-16-13-12-14-17-30)31-20-18-28(9-2)19-21-31/h8-9,12-14,16-26,29H,1-2,10-11,15,27H2,3-7H3. The molecule has 0 N–H and O–H groups in total. The molecule has 6 rings (SSSR count). The van der Waals surface area contributed by atoms with Gasteiger partial charge in [0, 0.05) is 0 Å². The molecule has 4 aromatic carbocycles. The van der Waals surface area contributed by atoms with Crippen LogP contribution in [0.3, 0.4) is 0 Å². The highest BCUT2D eigenvalue weighted by Crippen LogP contribution is 2.60. The Morgan fingerprint density at radius 3 is 2.15 bits per heavy atom. The van der Waals surface area contributed by atoms with Crippen LogP contribution in [0.2, 0.25) is 0 Å². The van der Waals surface area contributed by atoms with Gasteiger partial charge in [0.2, 0.25) is 0 Å². The van der Waals surface area contributed by atoms with E-state index in [2.05, 4.69) is 139 Å². The summed E-state index contributed by atoms with van der Waals surface area (Å²) in [7, 11) is 0. The lowest BCUT2D eigenvalue weighted by Crippen LogP contribution is -2.29. The van der Waals surface area contributed by atoms with Gasteiger partial charge in [-0.25, -0.2) is 0 Å². The lowest BCUT2D eigenvalue weighted by Gasteiger charge is -2.35. The molecule has 0 aliphatic heterocycles. The van der Waals surface area contributed by atoms with Crippen molar-refractivity contribution in [1.82, 2.24) is 0 Å². The number of hydrogen-bond acceptors (Lipinski definition) is 0. The van der Waals surface area contributed by atoms with Crippen molar-refractivity contribution in [2.45, 2.75) is 82.5 Å². The summed E-state index contributed by atoms with van der Waals surface area (Å²) in [5, 5.41) is 0. The quantitative estimate of drug-likeness (QED) is 0.173. The molecule has 0 aromatic heterocycles. The van der Waals surface area contributed by atoms with Gasteiger partial charge in [-0.3, -0.25) is 0 Å². The SMILES string of the molecule is C=CCCC1CC(C)(C)c2cc3c(cc21)-c1ccc(C(C)(C)CC)cc1C3(c1ccccc1)c1ccc(C=C)cc1. The number of rotatable bonds is 8. The van der Waals surface area contributed by atoms with Crippen LogP contribution < -0.4 is 0 Å². The molecule has 0 heteroatoms. The normalized spacial score (nSPS) is 20.3. The van der Waals surface area contributed by atoms with Crippen molar-refractivity contribution in [1.29, 1.82) is 0 Å². The van der Waals surface area contributed by atoms with Crippen molar-refractivity contribution in [3.05, 3.63) is 149 Å². The first kappa shape index (κ1) is 27.5. The highest BCUT2D eigenvalue weighted by Gasteiger charge is 2.49. The van der Waals surface area contributed by atoms with Crippen LogP contribution in [0.15, 0.2) is 104 Å². The monoisotopic (exact) mass is 536 g/mol. The van der Waals surface area contributed by atoms with Gasteiger partial charge < -0.3 is 0 Å². The van der Waals surface area contributed by atoms with Crippen molar-refractivity contribution in [2.75, 3.05) is 0 Å². The number of hydrogen-bond donors (Lipinski definition) is 0. The second-order valence-electron chi connectivity index (χ2n) is 13.6. The summed E-state index contributed by atoms with van der Waals surface area (Å²) in [5.74, 6) is 0.573. The second-order valence-corrected chi connectivity index (χ2v) is 13.6. The number of benzene rings is 4. The zero-order chi connectivity index (χ0) is 29.0. The molecule has 0 saturated carbocycles. The molecule has 0 heterocycles. The third-order valence-electron chi connectivity index (χ3n) is 10.4. The molecule has 208 valence electrons. The van der Waals surface area contributed by atoms with E-state index in [1.54, 1.807) is 5.56 Å². The van der Waals surface area contributed by atoms with Crippen LogP contribution in [0.25, 0.3) is 17.2 Å². The van der Waals surface area contributed by atoms with Crippen LogP contribution in [0.5, 0.6) is 0 Å². The van der Waals surface area contributed by atoms with Crippen molar-refractivity contribution in [3.8, 4) is 11.1 Å². The van der Waals surface area contributed by atoms with Gasteiger partial charge in [0.05, 0.1) is 5.41 Å². The average Bonchev–Trinajstić information content (AvgIpc) is 3.42. The van der Waals surface area contributed by atoms with Gasteiger partial charge in [0.1, 0.15) is 0 Å². The molecule has 2 aliphatic carbocycles. The highest BCUT2D eigenvalue weighted by atomic mass is 14.5. The Balaban J connectivity index is 1.73. The van der Waals surface area contributed by atoms with Crippen molar-refractivity contribution in [3.63, 3.8) is 0 Å². The van der Waals surface area contributed by atoms with E-state index in [4.69, 9.17) is 0 Å². The second kappa shape index (κ2) is 10.0. The largest absolute Gasteiger partial charge is 0.103 e. The summed E-state index contributed by atoms with van der Waals surface area (Å²) in [6.45, 7) is 20.0. The first-order chi connectivity index (χ1) is 19.7. The molecule has 0 bridgehead atoms. The highest BCUT2D eigenvalue weighted by molar-refractivity contribution is 5.88. The van der Waals surface area contributed by atoms with Crippen molar-refractivity contribution < 1.29 is 0 Å². The number of fused-ring (bicyclic) bond motifs is 4. The molecule has 0 saturated heterocycles. The first-order valence-corrected chi connectivity index (χ1v) is 15.4. The summed E-state index contributed by atoms with van der Waals surface area (Å²) >= 11 is 0. The van der Waals surface area contributed by atoms with Crippen LogP contribution in [0.1, 0.15) is 111 Å². The zero-order valence-electron chi connectivity index (χ0n) is 25.6. The minimum atomic E-state index is -0.393. The maximum absolute atomic E-state index is 4.03. The van der Waals surface area contributed by atoms with Gasteiger partial charge in [-0.05, 0) is 98.1 Å². The Hall–Kier alpha value is -3.64. The molecular weight excluding hydrogens is 492 g/mol. The summed E-state index contributed by atoms with van der Waals surface area (Å²) in [6.07, 6.45) is 8.55. The zero-order valence-corrected chi connectivity index (χ0v) is 25.6. The van der Waals surface area contributed by atoms with Crippen LogP contribution in [0, 0.1) is 0 Å². The van der Waals surface area contributed by atoms with E-state index in [-0.39, 0.29) is 10.8 Å². The van der Waals surface area contributed by atoms with Crippen LogP contribution in [-0.2, 0) is 16.2 Å². The Labute approximate surface area is 247 Å². The van der Waals surface area contributed by atoms with E-state index in [0.717, 1.165) is 18.4 Å². The summed E-state index contributed by atoms with van der Waals surface area (Å²) in [6, 6.07) is 32.9. The maximum atomic E-state index is 4.03. The molecule has 2 aliphatic rings. The van der Waals surface area contributed by atoms with Crippen molar-refractivity contribution >= 4 is 6.08 Å². The van der Waals surface area contributed by atoms with Crippen LogP contribution in [-0.4, -0.2) is 0 Å². The Kier molecular flexibility index (Phi) is 6.73. The molecule has 0 spiro atoms. The van der Waals surface area contributed by atoms with E-state index < -0.39 is 5.41 Å². The summed E-state index contributed by atoms with van der Waals surface area (Å²) in [4.78, 5) is 0. The lowest BCUT2D eigenvalue weighted by atomic mass is 9.66. The van der Waals surface area contributed by atoms with E-state index in [1.807, 2.05) is 6.08 Å². The molecule has 2 atom stereocenters. The van der Waals surface area contributed by atoms with Gasteiger partial charge in [-0.1, -0.05) is 138 Å². The first-order valence-electron chi connectivity index (χ1n) is 15.4. The van der Waals surface area contributed by atoms with Gasteiger partial charge in [0.25, 0.3) is 0 Å². The molecule has 0 radical (unpaired) electrons. The van der Waals surface area contributed by atoms with Gasteiger partial charge in [-0.15, -0.1) is 6.58 Å². The van der Waals surface area contributed by atoms with Crippen LogP contribution in [0.4, 0.5) is 0 Å².